The van der Waals surface area contributed by atoms with E-state index in [1.54, 1.807) is 14.2 Å². The van der Waals surface area contributed by atoms with E-state index in [0.717, 1.165) is 24.8 Å². The van der Waals surface area contributed by atoms with Gasteiger partial charge in [0.25, 0.3) is 0 Å². The van der Waals surface area contributed by atoms with Crippen LogP contribution < -0.4 is 10.1 Å². The van der Waals surface area contributed by atoms with Crippen LogP contribution in [0.4, 0.5) is 0 Å². The third-order valence-corrected chi connectivity index (χ3v) is 2.49. The predicted octanol–water partition coefficient (Wildman–Crippen LogP) is 1.72. The molecule has 0 aromatic heterocycles. The molecule has 0 aliphatic rings. The quantitative estimate of drug-likeness (QED) is 0.638. The molecule has 1 N–H and O–H groups in total. The van der Waals surface area contributed by atoms with Crippen molar-refractivity contribution in [3.8, 4) is 5.75 Å². The molecule has 94 valence electrons. The lowest BCUT2D eigenvalue weighted by molar-refractivity contribution is 0.414. The van der Waals surface area contributed by atoms with Crippen LogP contribution in [-0.2, 0) is 6.54 Å². The topological polar surface area (TPSA) is 36.9 Å². The van der Waals surface area contributed by atoms with Crippen LogP contribution in [0.2, 0.25) is 0 Å². The van der Waals surface area contributed by atoms with Crippen molar-refractivity contribution in [2.45, 2.75) is 13.5 Å². The van der Waals surface area contributed by atoms with Gasteiger partial charge in [0.15, 0.2) is 5.96 Å². The molecule has 1 aromatic rings. The smallest absolute Gasteiger partial charge is 0.193 e. The van der Waals surface area contributed by atoms with E-state index in [-0.39, 0.29) is 0 Å². The number of hydrogen-bond donors (Lipinski definition) is 1. The molecule has 17 heavy (non-hydrogen) atoms. The molecule has 4 heteroatoms. The average Bonchev–Trinajstić information content (AvgIpc) is 2.36. The van der Waals surface area contributed by atoms with Crippen molar-refractivity contribution < 1.29 is 4.74 Å². The summed E-state index contributed by atoms with van der Waals surface area (Å²) in [5, 5.41) is 3.23. The molecule has 0 atom stereocenters. The molecule has 0 radical (unpaired) electrons. The van der Waals surface area contributed by atoms with Gasteiger partial charge in [0.2, 0.25) is 0 Å². The predicted molar refractivity (Wildman–Crippen MR) is 71.5 cm³/mol. The van der Waals surface area contributed by atoms with E-state index in [2.05, 4.69) is 34.3 Å². The minimum Gasteiger partial charge on any atom is -0.497 e. The lowest BCUT2D eigenvalue weighted by atomic mass is 10.2. The van der Waals surface area contributed by atoms with Gasteiger partial charge >= 0.3 is 0 Å². The Morgan fingerprint density at radius 2 is 2.00 bits per heavy atom. The molecular formula is C13H21N3O. The summed E-state index contributed by atoms with van der Waals surface area (Å²) in [4.78, 5) is 6.30. The minimum atomic E-state index is 0.823. The van der Waals surface area contributed by atoms with Gasteiger partial charge in [-0.15, -0.1) is 0 Å². The number of guanidine groups is 1. The van der Waals surface area contributed by atoms with Crippen molar-refractivity contribution >= 4 is 5.96 Å². The molecule has 0 bridgehead atoms. The van der Waals surface area contributed by atoms with E-state index in [4.69, 9.17) is 4.74 Å². The molecule has 4 nitrogen and oxygen atoms in total. The number of nitrogens with one attached hydrogen (secondary N) is 1. The maximum Gasteiger partial charge on any atom is 0.193 e. The molecule has 0 amide bonds. The first-order valence-corrected chi connectivity index (χ1v) is 5.76. The zero-order chi connectivity index (χ0) is 12.7. The van der Waals surface area contributed by atoms with Crippen LogP contribution in [0, 0.1) is 0 Å². The van der Waals surface area contributed by atoms with E-state index in [9.17, 15) is 0 Å². The Hall–Kier alpha value is -1.71. The van der Waals surface area contributed by atoms with Gasteiger partial charge in [0.1, 0.15) is 5.75 Å². The first kappa shape index (κ1) is 13.4. The highest BCUT2D eigenvalue weighted by molar-refractivity contribution is 5.79. The van der Waals surface area contributed by atoms with Gasteiger partial charge in [-0.3, -0.25) is 4.99 Å². The second-order valence-corrected chi connectivity index (χ2v) is 3.78. The summed E-state index contributed by atoms with van der Waals surface area (Å²) in [7, 11) is 5.49. The van der Waals surface area contributed by atoms with E-state index in [1.165, 1.54) is 5.56 Å². The number of aliphatic imine (C=N–C) groups is 1. The van der Waals surface area contributed by atoms with Crippen molar-refractivity contribution in [1.29, 1.82) is 0 Å². The summed E-state index contributed by atoms with van der Waals surface area (Å²) in [5.41, 5.74) is 1.23. The van der Waals surface area contributed by atoms with Crippen molar-refractivity contribution in [2.75, 3.05) is 27.7 Å². The molecule has 1 rings (SSSR count). The average molecular weight is 235 g/mol. The Balaban J connectivity index is 2.63. The summed E-state index contributed by atoms with van der Waals surface area (Å²) >= 11 is 0. The molecular weight excluding hydrogens is 214 g/mol. The third kappa shape index (κ3) is 3.98. The Morgan fingerprint density at radius 1 is 1.35 bits per heavy atom. The van der Waals surface area contributed by atoms with E-state index in [0.29, 0.717) is 0 Å². The number of hydrogen-bond acceptors (Lipinski definition) is 2. The van der Waals surface area contributed by atoms with Gasteiger partial charge in [0.05, 0.1) is 7.11 Å². The minimum absolute atomic E-state index is 0.823. The first-order chi connectivity index (χ1) is 8.21. The summed E-state index contributed by atoms with van der Waals surface area (Å²) < 4.78 is 5.13. The first-order valence-electron chi connectivity index (χ1n) is 5.76. The van der Waals surface area contributed by atoms with Gasteiger partial charge in [-0.2, -0.15) is 0 Å². The summed E-state index contributed by atoms with van der Waals surface area (Å²) in [5.74, 6) is 1.79. The van der Waals surface area contributed by atoms with Gasteiger partial charge in [-0.25, -0.2) is 0 Å². The lowest BCUT2D eigenvalue weighted by Gasteiger charge is -2.21. The summed E-state index contributed by atoms with van der Waals surface area (Å²) in [6, 6.07) is 8.07. The fourth-order valence-corrected chi connectivity index (χ4v) is 1.62. The molecule has 0 heterocycles. The summed E-state index contributed by atoms with van der Waals surface area (Å²) in [6.45, 7) is 3.76. The summed E-state index contributed by atoms with van der Waals surface area (Å²) in [6.07, 6.45) is 0. The van der Waals surface area contributed by atoms with Crippen molar-refractivity contribution in [1.82, 2.24) is 10.2 Å². The van der Waals surface area contributed by atoms with Crippen LogP contribution >= 0.6 is 0 Å². The van der Waals surface area contributed by atoms with Crippen LogP contribution in [0.3, 0.4) is 0 Å². The van der Waals surface area contributed by atoms with Gasteiger partial charge in [-0.1, -0.05) is 12.1 Å². The lowest BCUT2D eigenvalue weighted by Crippen LogP contribution is -2.38. The molecule has 0 fully saturated rings. The van der Waals surface area contributed by atoms with E-state index in [1.807, 2.05) is 19.2 Å². The highest BCUT2D eigenvalue weighted by atomic mass is 16.5. The second kappa shape index (κ2) is 6.78. The van der Waals surface area contributed by atoms with Crippen LogP contribution in [0.25, 0.3) is 0 Å². The Kier molecular flexibility index (Phi) is 5.33. The van der Waals surface area contributed by atoms with Crippen LogP contribution in [0.5, 0.6) is 5.75 Å². The van der Waals surface area contributed by atoms with Gasteiger partial charge < -0.3 is 15.0 Å². The number of rotatable bonds is 4. The number of nitrogens with zero attached hydrogens (tertiary/aromatic N) is 2. The standard InChI is InChI=1S/C13H21N3O/c1-5-15-13(14-2)16(3)10-11-6-8-12(17-4)9-7-11/h6-9H,5,10H2,1-4H3,(H,14,15). The Labute approximate surface area is 103 Å². The molecule has 0 aliphatic heterocycles. The van der Waals surface area contributed by atoms with Crippen molar-refractivity contribution in [3.05, 3.63) is 29.8 Å². The molecule has 0 saturated heterocycles. The third-order valence-electron chi connectivity index (χ3n) is 2.49. The zero-order valence-corrected chi connectivity index (χ0v) is 11.0. The zero-order valence-electron chi connectivity index (χ0n) is 11.0. The van der Waals surface area contributed by atoms with Gasteiger partial charge in [-0.05, 0) is 24.6 Å². The Bertz CT molecular complexity index is 359. The normalized spacial score (nSPS) is 11.2. The van der Waals surface area contributed by atoms with Crippen LogP contribution in [0.15, 0.2) is 29.3 Å². The monoisotopic (exact) mass is 235 g/mol. The number of benzene rings is 1. The maximum atomic E-state index is 5.13. The fourth-order valence-electron chi connectivity index (χ4n) is 1.62. The maximum absolute atomic E-state index is 5.13. The number of methoxy groups -OCH3 is 1. The largest absolute Gasteiger partial charge is 0.497 e. The second-order valence-electron chi connectivity index (χ2n) is 3.78. The van der Waals surface area contributed by atoms with Gasteiger partial charge in [0, 0.05) is 27.2 Å². The molecule has 0 saturated carbocycles. The molecule has 0 spiro atoms. The molecule has 0 unspecified atom stereocenters. The molecule has 1 aromatic carbocycles. The Morgan fingerprint density at radius 3 is 2.47 bits per heavy atom. The highest BCUT2D eigenvalue weighted by Gasteiger charge is 2.05. The van der Waals surface area contributed by atoms with Crippen molar-refractivity contribution in [2.24, 2.45) is 4.99 Å². The number of ether oxygens (including phenoxy) is 1. The van der Waals surface area contributed by atoms with Crippen molar-refractivity contribution in [3.63, 3.8) is 0 Å². The SMILES string of the molecule is CCNC(=NC)N(C)Cc1ccc(OC)cc1. The van der Waals surface area contributed by atoms with E-state index < -0.39 is 0 Å². The van der Waals surface area contributed by atoms with Crippen LogP contribution in [-0.4, -0.2) is 38.6 Å². The van der Waals surface area contributed by atoms with Crippen LogP contribution in [0.1, 0.15) is 12.5 Å². The molecule has 0 aliphatic carbocycles. The highest BCUT2D eigenvalue weighted by Crippen LogP contribution is 2.12. The van der Waals surface area contributed by atoms with E-state index >= 15 is 0 Å². The fraction of sp³-hybridized carbons (Fsp3) is 0.462.